The molecule has 7 nitrogen and oxygen atoms in total. The Bertz CT molecular complexity index is 1740. The summed E-state index contributed by atoms with van der Waals surface area (Å²) in [4.78, 5) is 17.3. The van der Waals surface area contributed by atoms with Gasteiger partial charge in [-0.25, -0.2) is 14.4 Å². The van der Waals surface area contributed by atoms with Crippen LogP contribution < -0.4 is 10.6 Å². The number of carbonyl (C=O) groups excluding carboxylic acids is 1. The summed E-state index contributed by atoms with van der Waals surface area (Å²) in [5.41, 5.74) is 13.0. The first kappa shape index (κ1) is 28.6. The Labute approximate surface area is 253 Å². The second kappa shape index (κ2) is 11.7. The highest BCUT2D eigenvalue weighted by molar-refractivity contribution is 6.10. The number of fused-ring (bicyclic) bond motifs is 1. The monoisotopic (exact) mass is 573 g/mol. The summed E-state index contributed by atoms with van der Waals surface area (Å²) in [5, 5.41) is 6.94. The van der Waals surface area contributed by atoms with Gasteiger partial charge in [0.2, 0.25) is 0 Å². The second-order valence-electron chi connectivity index (χ2n) is 12.3. The fourth-order valence-corrected chi connectivity index (χ4v) is 5.67. The molecule has 0 atom stereocenters. The molecule has 1 saturated heterocycles. The van der Waals surface area contributed by atoms with E-state index in [0.29, 0.717) is 11.5 Å². The van der Waals surface area contributed by atoms with E-state index in [4.69, 9.17) is 15.6 Å². The number of primary amides is 1. The quantitative estimate of drug-likeness (QED) is 0.230. The van der Waals surface area contributed by atoms with Crippen LogP contribution in [0.3, 0.4) is 0 Å². The maximum Gasteiger partial charge on any atom is 0.325 e. The van der Waals surface area contributed by atoms with Gasteiger partial charge in [-0.2, -0.15) is 5.10 Å². The van der Waals surface area contributed by atoms with Gasteiger partial charge in [-0.1, -0.05) is 93.1 Å². The van der Waals surface area contributed by atoms with E-state index in [1.54, 1.807) is 4.90 Å². The highest BCUT2D eigenvalue weighted by Crippen LogP contribution is 2.39. The number of aromatic nitrogens is 2. The summed E-state index contributed by atoms with van der Waals surface area (Å²) < 4.78 is 7.32. The van der Waals surface area contributed by atoms with Crippen LogP contribution in [0.4, 0.5) is 16.3 Å². The minimum atomic E-state index is -0.570. The minimum absolute atomic E-state index is 0.228. The average Bonchev–Trinajstić information content (AvgIpc) is 3.44. The molecule has 220 valence electrons. The van der Waals surface area contributed by atoms with Crippen molar-refractivity contribution in [1.82, 2.24) is 14.7 Å². The van der Waals surface area contributed by atoms with Crippen LogP contribution in [0, 0.1) is 6.92 Å². The molecule has 1 fully saturated rings. The highest BCUT2D eigenvalue weighted by Gasteiger charge is 2.28. The number of urea groups is 1. The minimum Gasteiger partial charge on any atom is -0.379 e. The van der Waals surface area contributed by atoms with Crippen LogP contribution in [0.5, 0.6) is 0 Å². The van der Waals surface area contributed by atoms with Crippen LogP contribution in [0.25, 0.3) is 27.6 Å². The molecule has 1 aliphatic rings. The van der Waals surface area contributed by atoms with Crippen molar-refractivity contribution in [1.29, 1.82) is 0 Å². The zero-order valence-corrected chi connectivity index (χ0v) is 25.4. The van der Waals surface area contributed by atoms with Crippen LogP contribution in [0.1, 0.15) is 37.6 Å². The van der Waals surface area contributed by atoms with E-state index in [2.05, 4.69) is 69.0 Å². The zero-order valence-electron chi connectivity index (χ0n) is 25.4. The normalized spacial score (nSPS) is 14.2. The molecule has 2 heterocycles. The van der Waals surface area contributed by atoms with E-state index in [1.807, 2.05) is 59.3 Å². The van der Waals surface area contributed by atoms with Crippen molar-refractivity contribution >= 4 is 28.3 Å². The number of ether oxygens (including phenoxy) is 1. The number of benzene rings is 4. The van der Waals surface area contributed by atoms with E-state index in [9.17, 15) is 4.79 Å². The maximum atomic E-state index is 13.3. The number of hydrogen-bond donors (Lipinski definition) is 1. The molecule has 2 amide bonds. The standard InChI is InChI=1S/C36H39N5O2/c1-25-9-15-28(16-10-25)41-34(23-33(38-41)36(2,3)4)40(35(37)42)32-18-17-29(30-7-5-6-8-31(30)32)27-13-11-26(12-14-27)24-39-19-21-43-22-20-39/h5-18,23H,19-22,24H2,1-4H3,(H2,37,42). The topological polar surface area (TPSA) is 76.6 Å². The maximum absolute atomic E-state index is 13.3. The van der Waals surface area contributed by atoms with Gasteiger partial charge in [0.05, 0.1) is 30.3 Å². The molecule has 6 rings (SSSR count). The van der Waals surface area contributed by atoms with Crippen LogP contribution in [0.2, 0.25) is 0 Å². The van der Waals surface area contributed by atoms with Crippen molar-refractivity contribution < 1.29 is 9.53 Å². The third kappa shape index (κ3) is 5.91. The number of nitrogens with two attached hydrogens (primary N) is 1. The summed E-state index contributed by atoms with van der Waals surface area (Å²) in [6.45, 7) is 12.8. The van der Waals surface area contributed by atoms with Gasteiger partial charge in [0, 0.05) is 36.5 Å². The molecule has 1 aliphatic heterocycles. The third-order valence-electron chi connectivity index (χ3n) is 8.10. The molecule has 5 aromatic rings. The lowest BCUT2D eigenvalue weighted by Gasteiger charge is -2.26. The number of morpholine rings is 1. The molecular weight excluding hydrogens is 534 g/mol. The Morgan fingerprint density at radius 2 is 1.58 bits per heavy atom. The molecule has 2 N–H and O–H groups in total. The van der Waals surface area contributed by atoms with Gasteiger partial charge >= 0.3 is 6.03 Å². The van der Waals surface area contributed by atoms with E-state index in [-0.39, 0.29) is 5.41 Å². The fraction of sp³-hybridized carbons (Fsp3) is 0.278. The lowest BCUT2D eigenvalue weighted by atomic mass is 9.92. The van der Waals surface area contributed by atoms with Crippen molar-refractivity contribution in [3.05, 3.63) is 108 Å². The Morgan fingerprint density at radius 3 is 2.23 bits per heavy atom. The first-order chi connectivity index (χ1) is 20.7. The van der Waals surface area contributed by atoms with Crippen molar-refractivity contribution in [3.63, 3.8) is 0 Å². The molecule has 4 aromatic carbocycles. The third-order valence-corrected chi connectivity index (χ3v) is 8.10. The first-order valence-corrected chi connectivity index (χ1v) is 14.9. The van der Waals surface area contributed by atoms with Crippen molar-refractivity contribution in [2.45, 2.75) is 39.7 Å². The van der Waals surface area contributed by atoms with Crippen LogP contribution in [-0.4, -0.2) is 47.0 Å². The molecule has 0 spiro atoms. The van der Waals surface area contributed by atoms with Crippen LogP contribution in [0.15, 0.2) is 91.0 Å². The highest BCUT2D eigenvalue weighted by atomic mass is 16.5. The molecule has 7 heteroatoms. The van der Waals surface area contributed by atoms with Crippen molar-refractivity contribution in [3.8, 4) is 16.8 Å². The predicted octanol–water partition coefficient (Wildman–Crippen LogP) is 7.35. The summed E-state index contributed by atoms with van der Waals surface area (Å²) in [7, 11) is 0. The van der Waals surface area contributed by atoms with Crippen molar-refractivity contribution in [2.75, 3.05) is 31.2 Å². The number of rotatable bonds is 6. The average molecular weight is 574 g/mol. The summed E-state index contributed by atoms with van der Waals surface area (Å²) in [5.74, 6) is 0.603. The molecular formula is C36H39N5O2. The Kier molecular flexibility index (Phi) is 7.77. The molecule has 0 saturated carbocycles. The fourth-order valence-electron chi connectivity index (χ4n) is 5.67. The number of nitrogens with zero attached hydrogens (tertiary/aromatic N) is 4. The van der Waals surface area contributed by atoms with Gasteiger partial charge in [-0.3, -0.25) is 4.90 Å². The molecule has 43 heavy (non-hydrogen) atoms. The number of hydrogen-bond acceptors (Lipinski definition) is 4. The van der Waals surface area contributed by atoms with Crippen LogP contribution >= 0.6 is 0 Å². The lowest BCUT2D eigenvalue weighted by Crippen LogP contribution is -2.35. The van der Waals surface area contributed by atoms with Gasteiger partial charge in [-0.05, 0) is 47.2 Å². The van der Waals surface area contributed by atoms with E-state index < -0.39 is 6.03 Å². The predicted molar refractivity (Wildman–Crippen MR) is 174 cm³/mol. The molecule has 0 unspecified atom stereocenters. The van der Waals surface area contributed by atoms with Crippen molar-refractivity contribution in [2.24, 2.45) is 5.73 Å². The molecule has 0 aliphatic carbocycles. The Balaban J connectivity index is 1.43. The van der Waals surface area contributed by atoms with Gasteiger partial charge in [0.1, 0.15) is 5.82 Å². The molecule has 0 radical (unpaired) electrons. The Hall–Kier alpha value is -4.46. The Morgan fingerprint density at radius 1 is 0.907 bits per heavy atom. The van der Waals surface area contributed by atoms with E-state index >= 15 is 0 Å². The SMILES string of the molecule is Cc1ccc(-n2nc(C(C)(C)C)cc2N(C(N)=O)c2ccc(-c3ccc(CN4CCOCC4)cc3)c3ccccc23)cc1. The first-order valence-electron chi connectivity index (χ1n) is 14.9. The van der Waals surface area contributed by atoms with Crippen LogP contribution in [-0.2, 0) is 16.7 Å². The van der Waals surface area contributed by atoms with E-state index in [1.165, 1.54) is 5.56 Å². The van der Waals surface area contributed by atoms with Gasteiger partial charge in [-0.15, -0.1) is 0 Å². The molecule has 1 aromatic heterocycles. The smallest absolute Gasteiger partial charge is 0.325 e. The van der Waals surface area contributed by atoms with Gasteiger partial charge < -0.3 is 10.5 Å². The number of amides is 2. The molecule has 0 bridgehead atoms. The summed E-state index contributed by atoms with van der Waals surface area (Å²) in [6, 6.07) is 30.6. The van der Waals surface area contributed by atoms with E-state index in [0.717, 1.165) is 71.7 Å². The second-order valence-corrected chi connectivity index (χ2v) is 12.3. The zero-order chi connectivity index (χ0) is 30.1. The van der Waals surface area contributed by atoms with Gasteiger partial charge in [0.25, 0.3) is 0 Å². The summed E-state index contributed by atoms with van der Waals surface area (Å²) >= 11 is 0. The summed E-state index contributed by atoms with van der Waals surface area (Å²) in [6.07, 6.45) is 0. The van der Waals surface area contributed by atoms with Gasteiger partial charge in [0.15, 0.2) is 0 Å². The number of anilines is 2. The lowest BCUT2D eigenvalue weighted by molar-refractivity contribution is 0.0342. The largest absolute Gasteiger partial charge is 0.379 e. The number of carbonyl (C=O) groups is 1. The number of aryl methyl sites for hydroxylation is 1.